The van der Waals surface area contributed by atoms with Gasteiger partial charge in [-0.25, -0.2) is 5.11 Å². The van der Waals surface area contributed by atoms with E-state index in [4.69, 9.17) is 0 Å². The van der Waals surface area contributed by atoms with Crippen LogP contribution in [0.3, 0.4) is 0 Å². The van der Waals surface area contributed by atoms with Crippen molar-refractivity contribution in [2.24, 2.45) is 0 Å². The van der Waals surface area contributed by atoms with Crippen molar-refractivity contribution < 1.29 is 5.11 Å². The highest BCUT2D eigenvalue weighted by Gasteiger charge is 1.75. The average molecular weight is 143 g/mol. The predicted molar refractivity (Wildman–Crippen MR) is 45.6 cm³/mol. The number of hydrogen-bond donors (Lipinski definition) is 0. The zero-order valence-electron chi connectivity index (χ0n) is 7.23. The molecule has 1 heteroatoms. The lowest BCUT2D eigenvalue weighted by molar-refractivity contribution is 0.232. The lowest BCUT2D eigenvalue weighted by atomic mass is 10.2. The molecule has 0 aromatic heterocycles. The van der Waals surface area contributed by atoms with Gasteiger partial charge in [-0.05, 0) is 0 Å². The van der Waals surface area contributed by atoms with Crippen molar-refractivity contribution >= 4 is 0 Å². The Morgan fingerprint density at radius 2 is 1.50 bits per heavy atom. The minimum Gasteiger partial charge on any atom is -0.232 e. The van der Waals surface area contributed by atoms with E-state index in [1.54, 1.807) is 0 Å². The summed E-state index contributed by atoms with van der Waals surface area (Å²) in [5, 5.41) is 9.18. The van der Waals surface area contributed by atoms with Crippen molar-refractivity contribution in [3.05, 3.63) is 12.7 Å². The monoisotopic (exact) mass is 143 g/mol. The van der Waals surface area contributed by atoms with E-state index in [9.17, 15) is 5.11 Å². The minimum absolute atomic E-state index is 0.167. The number of rotatable bonds is 4. The van der Waals surface area contributed by atoms with E-state index in [0.29, 0.717) is 0 Å². The first kappa shape index (κ1) is 12.4. The Bertz CT molecular complexity index is 46.7. The second-order valence-corrected chi connectivity index (χ2v) is 2.16. The summed E-state index contributed by atoms with van der Waals surface area (Å²) in [5.41, 5.74) is 0. The summed E-state index contributed by atoms with van der Waals surface area (Å²) in [6.07, 6.45) is 6.86. The van der Waals surface area contributed by atoms with Crippen LogP contribution in [0.2, 0.25) is 0 Å². The summed E-state index contributed by atoms with van der Waals surface area (Å²) >= 11 is 0. The highest BCUT2D eigenvalue weighted by Crippen LogP contribution is 1.95. The molecule has 1 radical (unpaired) electrons. The first-order valence-electron chi connectivity index (χ1n) is 4.02. The van der Waals surface area contributed by atoms with E-state index in [2.05, 4.69) is 20.4 Å². The lowest BCUT2D eigenvalue weighted by Gasteiger charge is -1.86. The number of hydrogen-bond acceptors (Lipinski definition) is 0. The maximum Gasteiger partial charge on any atom is 0.100 e. The van der Waals surface area contributed by atoms with Crippen LogP contribution in [0.1, 0.15) is 39.5 Å². The molecule has 1 nitrogen and oxygen atoms in total. The summed E-state index contributed by atoms with van der Waals surface area (Å²) in [5.74, 6) is 0. The molecule has 0 saturated heterocycles. The van der Waals surface area contributed by atoms with Gasteiger partial charge in [0, 0.05) is 0 Å². The standard InChI is InChI=1S/C6H14.C3H5O/c1-3-5-6-4-2;1-2-3-4/h3-6H2,1-2H3;2H,1,3H2. The molecule has 0 aromatic rings. The van der Waals surface area contributed by atoms with E-state index < -0.39 is 0 Å². The maximum absolute atomic E-state index is 9.18. The molecule has 10 heavy (non-hydrogen) atoms. The molecule has 0 amide bonds. The third-order valence-electron chi connectivity index (χ3n) is 1.07. The molecular weight excluding hydrogens is 124 g/mol. The van der Waals surface area contributed by atoms with Crippen LogP contribution in [0.5, 0.6) is 0 Å². The fourth-order valence-corrected chi connectivity index (χ4v) is 0.500. The fourth-order valence-electron chi connectivity index (χ4n) is 0.500. The van der Waals surface area contributed by atoms with Crippen LogP contribution in [-0.4, -0.2) is 6.61 Å². The van der Waals surface area contributed by atoms with Crippen LogP contribution in [0.25, 0.3) is 0 Å². The molecule has 0 rings (SSSR count). The molecule has 0 aromatic carbocycles. The molecule has 0 N–H and O–H groups in total. The Labute approximate surface area is 64.8 Å². The highest BCUT2D eigenvalue weighted by molar-refractivity contribution is 4.60. The second-order valence-electron chi connectivity index (χ2n) is 2.16. The topological polar surface area (TPSA) is 19.9 Å². The molecular formula is C9H19O. The molecule has 0 bridgehead atoms. The van der Waals surface area contributed by atoms with E-state index in [1.807, 2.05) is 0 Å². The predicted octanol–water partition coefficient (Wildman–Crippen LogP) is 3.19. The zero-order valence-corrected chi connectivity index (χ0v) is 7.23. The van der Waals surface area contributed by atoms with Gasteiger partial charge in [0.25, 0.3) is 0 Å². The van der Waals surface area contributed by atoms with E-state index in [-0.39, 0.29) is 6.61 Å². The van der Waals surface area contributed by atoms with Crippen LogP contribution in [0, 0.1) is 0 Å². The molecule has 0 aliphatic carbocycles. The van der Waals surface area contributed by atoms with Gasteiger partial charge < -0.3 is 0 Å². The van der Waals surface area contributed by atoms with Crippen LogP contribution in [0.4, 0.5) is 0 Å². The molecule has 0 aliphatic rings. The summed E-state index contributed by atoms with van der Waals surface area (Å²) < 4.78 is 0. The van der Waals surface area contributed by atoms with Crippen LogP contribution < -0.4 is 0 Å². The second kappa shape index (κ2) is 15.9. The molecule has 0 saturated carbocycles. The molecule has 0 spiro atoms. The first-order chi connectivity index (χ1) is 4.83. The first-order valence-corrected chi connectivity index (χ1v) is 4.02. The van der Waals surface area contributed by atoms with Gasteiger partial charge in [0.2, 0.25) is 0 Å². The molecule has 61 valence electrons. The molecule has 0 atom stereocenters. The summed E-state index contributed by atoms with van der Waals surface area (Å²) in [4.78, 5) is 0. The number of unbranched alkanes of at least 4 members (excludes halogenated alkanes) is 3. The van der Waals surface area contributed by atoms with Gasteiger partial charge in [0.15, 0.2) is 0 Å². The van der Waals surface area contributed by atoms with Crippen LogP contribution in [0.15, 0.2) is 12.7 Å². The zero-order chi connectivity index (χ0) is 8.24. The Morgan fingerprint density at radius 3 is 1.60 bits per heavy atom. The van der Waals surface area contributed by atoms with Gasteiger partial charge in [-0.1, -0.05) is 45.6 Å². The minimum atomic E-state index is -0.167. The molecule has 0 heterocycles. The van der Waals surface area contributed by atoms with Crippen molar-refractivity contribution in [1.82, 2.24) is 0 Å². The van der Waals surface area contributed by atoms with Gasteiger partial charge in [0.1, 0.15) is 6.61 Å². The van der Waals surface area contributed by atoms with Crippen molar-refractivity contribution in [2.45, 2.75) is 39.5 Å². The normalized spacial score (nSPS) is 7.90. The Balaban J connectivity index is 0. The van der Waals surface area contributed by atoms with Crippen molar-refractivity contribution in [2.75, 3.05) is 6.61 Å². The average Bonchev–Trinajstić information content (AvgIpc) is 2.01. The van der Waals surface area contributed by atoms with Gasteiger partial charge in [-0.2, -0.15) is 0 Å². The van der Waals surface area contributed by atoms with Crippen LogP contribution in [-0.2, 0) is 5.11 Å². The third-order valence-corrected chi connectivity index (χ3v) is 1.07. The Hall–Kier alpha value is -0.300. The van der Waals surface area contributed by atoms with Crippen molar-refractivity contribution in [1.29, 1.82) is 0 Å². The van der Waals surface area contributed by atoms with Gasteiger partial charge in [-0.15, -0.1) is 6.58 Å². The molecule has 0 fully saturated rings. The SMILES string of the molecule is C=CC[O].CCCCCC. The quantitative estimate of drug-likeness (QED) is 0.425. The van der Waals surface area contributed by atoms with E-state index >= 15 is 0 Å². The lowest BCUT2D eigenvalue weighted by Crippen LogP contribution is -1.66. The highest BCUT2D eigenvalue weighted by atomic mass is 16.2. The fraction of sp³-hybridized carbons (Fsp3) is 0.778. The third kappa shape index (κ3) is 25.2. The molecule has 0 aliphatic heterocycles. The van der Waals surface area contributed by atoms with E-state index in [0.717, 1.165) is 0 Å². The summed E-state index contributed by atoms with van der Waals surface area (Å²) in [6.45, 7) is 7.46. The van der Waals surface area contributed by atoms with E-state index in [1.165, 1.54) is 31.8 Å². The molecule has 0 unspecified atom stereocenters. The van der Waals surface area contributed by atoms with Crippen molar-refractivity contribution in [3.8, 4) is 0 Å². The Kier molecular flexibility index (Phi) is 19.7. The largest absolute Gasteiger partial charge is 0.232 e. The van der Waals surface area contributed by atoms with Gasteiger partial charge >= 0.3 is 0 Å². The maximum atomic E-state index is 9.18. The summed E-state index contributed by atoms with van der Waals surface area (Å²) in [6, 6.07) is 0. The smallest absolute Gasteiger partial charge is 0.100 e. The summed E-state index contributed by atoms with van der Waals surface area (Å²) in [7, 11) is 0. The van der Waals surface area contributed by atoms with Crippen LogP contribution >= 0.6 is 0 Å². The van der Waals surface area contributed by atoms with Gasteiger partial charge in [-0.3, -0.25) is 0 Å². The van der Waals surface area contributed by atoms with Crippen molar-refractivity contribution in [3.63, 3.8) is 0 Å². The Morgan fingerprint density at radius 1 is 1.20 bits per heavy atom. The van der Waals surface area contributed by atoms with Gasteiger partial charge in [0.05, 0.1) is 0 Å².